The number of nitrogens with zero attached hydrogens (tertiary/aromatic N) is 1. The molecule has 1 unspecified atom stereocenters. The van der Waals surface area contributed by atoms with E-state index in [1.807, 2.05) is 24.3 Å². The van der Waals surface area contributed by atoms with Crippen LogP contribution in [0.25, 0.3) is 0 Å². The zero-order valence-corrected chi connectivity index (χ0v) is 12.5. The molecule has 2 aromatic carbocycles. The molecule has 21 heavy (non-hydrogen) atoms. The highest BCUT2D eigenvalue weighted by molar-refractivity contribution is 5.67. The summed E-state index contributed by atoms with van der Waals surface area (Å²) in [5.41, 5.74) is 9.42. The van der Waals surface area contributed by atoms with Gasteiger partial charge < -0.3 is 15.4 Å². The normalized spacial score (nSPS) is 16.9. The lowest BCUT2D eigenvalue weighted by Gasteiger charge is -2.32. The van der Waals surface area contributed by atoms with Gasteiger partial charge >= 0.3 is 0 Å². The molecule has 0 amide bonds. The Balaban J connectivity index is 1.84. The molecular weight excluding hydrogens is 260 g/mol. The molecule has 0 fully saturated rings. The number of likely N-dealkylation sites (N-methyl/N-ethyl adjacent to an activating group) is 1. The second kappa shape index (κ2) is 6.08. The van der Waals surface area contributed by atoms with Crippen molar-refractivity contribution in [3.05, 3.63) is 54.1 Å². The van der Waals surface area contributed by atoms with Gasteiger partial charge in [0.2, 0.25) is 0 Å². The third kappa shape index (κ3) is 2.82. The van der Waals surface area contributed by atoms with Crippen molar-refractivity contribution in [1.29, 1.82) is 0 Å². The average molecular weight is 282 g/mol. The largest absolute Gasteiger partial charge is 0.493 e. The average Bonchev–Trinajstić information content (AvgIpc) is 2.53. The van der Waals surface area contributed by atoms with Crippen LogP contribution in [0, 0.1) is 0 Å². The summed E-state index contributed by atoms with van der Waals surface area (Å²) in [6.45, 7) is 4.90. The second-order valence-corrected chi connectivity index (χ2v) is 5.47. The van der Waals surface area contributed by atoms with Gasteiger partial charge in [-0.15, -0.1) is 0 Å². The van der Waals surface area contributed by atoms with E-state index in [4.69, 9.17) is 10.5 Å². The molecule has 0 bridgehead atoms. The van der Waals surface area contributed by atoms with Gasteiger partial charge in [0, 0.05) is 19.0 Å². The van der Waals surface area contributed by atoms with E-state index < -0.39 is 0 Å². The van der Waals surface area contributed by atoms with E-state index in [1.54, 1.807) is 0 Å². The van der Waals surface area contributed by atoms with Crippen LogP contribution in [-0.4, -0.2) is 19.7 Å². The van der Waals surface area contributed by atoms with E-state index in [-0.39, 0.29) is 0 Å². The minimum Gasteiger partial charge on any atom is -0.493 e. The number of ether oxygens (including phenoxy) is 1. The summed E-state index contributed by atoms with van der Waals surface area (Å²) in [7, 11) is 0. The molecule has 2 aromatic rings. The van der Waals surface area contributed by atoms with Crippen LogP contribution in [0.1, 0.15) is 24.8 Å². The maximum absolute atomic E-state index is 6.13. The molecule has 0 spiro atoms. The molecule has 1 heterocycles. The summed E-state index contributed by atoms with van der Waals surface area (Å²) >= 11 is 0. The lowest BCUT2D eigenvalue weighted by molar-refractivity contribution is 0.268. The van der Waals surface area contributed by atoms with E-state index in [1.165, 1.54) is 5.56 Å². The van der Waals surface area contributed by atoms with Crippen molar-refractivity contribution in [2.24, 2.45) is 0 Å². The van der Waals surface area contributed by atoms with Crippen molar-refractivity contribution in [1.82, 2.24) is 0 Å². The number of hydrogen-bond donors (Lipinski definition) is 1. The highest BCUT2D eigenvalue weighted by Crippen LogP contribution is 2.35. The second-order valence-electron chi connectivity index (χ2n) is 5.47. The lowest BCUT2D eigenvalue weighted by atomic mass is 9.92. The van der Waals surface area contributed by atoms with E-state index in [9.17, 15) is 0 Å². The van der Waals surface area contributed by atoms with Crippen LogP contribution in [0.15, 0.2) is 48.5 Å². The van der Waals surface area contributed by atoms with Gasteiger partial charge in [-0.3, -0.25) is 0 Å². The molecule has 0 saturated carbocycles. The molecule has 0 saturated heterocycles. The topological polar surface area (TPSA) is 38.5 Å². The van der Waals surface area contributed by atoms with Crippen molar-refractivity contribution in [2.45, 2.75) is 19.3 Å². The number of rotatable bonds is 4. The molecule has 110 valence electrons. The SMILES string of the molecule is CCN(CC1CCOc2ccccc21)c1ccccc1N. The molecule has 1 aliphatic heterocycles. The zero-order valence-electron chi connectivity index (χ0n) is 12.5. The quantitative estimate of drug-likeness (QED) is 0.870. The number of benzene rings is 2. The van der Waals surface area contributed by atoms with Crippen LogP contribution in [0.5, 0.6) is 5.75 Å². The molecule has 3 nitrogen and oxygen atoms in total. The van der Waals surface area contributed by atoms with E-state index in [2.05, 4.69) is 36.1 Å². The van der Waals surface area contributed by atoms with Crippen LogP contribution in [0.3, 0.4) is 0 Å². The van der Waals surface area contributed by atoms with Crippen molar-refractivity contribution >= 4 is 11.4 Å². The Morgan fingerprint density at radius 2 is 1.90 bits per heavy atom. The lowest BCUT2D eigenvalue weighted by Crippen LogP contribution is -2.31. The van der Waals surface area contributed by atoms with Crippen LogP contribution >= 0.6 is 0 Å². The van der Waals surface area contributed by atoms with E-state index in [0.29, 0.717) is 5.92 Å². The Kier molecular flexibility index (Phi) is 4.00. The van der Waals surface area contributed by atoms with E-state index in [0.717, 1.165) is 43.2 Å². The fraction of sp³-hybridized carbons (Fsp3) is 0.333. The molecular formula is C18H22N2O. The molecule has 0 aliphatic carbocycles. The first-order chi connectivity index (χ1) is 10.3. The molecule has 1 atom stereocenters. The highest BCUT2D eigenvalue weighted by Gasteiger charge is 2.23. The number of fused-ring (bicyclic) bond motifs is 1. The van der Waals surface area contributed by atoms with Crippen molar-refractivity contribution in [2.75, 3.05) is 30.3 Å². The van der Waals surface area contributed by atoms with Gasteiger partial charge in [-0.1, -0.05) is 30.3 Å². The summed E-state index contributed by atoms with van der Waals surface area (Å²) < 4.78 is 5.76. The summed E-state index contributed by atoms with van der Waals surface area (Å²) in [5.74, 6) is 1.53. The molecule has 3 heteroatoms. The maximum atomic E-state index is 6.13. The number of para-hydroxylation sites is 3. The Labute approximate surface area is 126 Å². The molecule has 0 radical (unpaired) electrons. The van der Waals surface area contributed by atoms with Crippen LogP contribution in [-0.2, 0) is 0 Å². The third-order valence-corrected chi connectivity index (χ3v) is 4.18. The van der Waals surface area contributed by atoms with Crippen LogP contribution in [0.2, 0.25) is 0 Å². The Morgan fingerprint density at radius 3 is 2.71 bits per heavy atom. The summed E-state index contributed by atoms with van der Waals surface area (Å²) in [6.07, 6.45) is 1.06. The first-order valence-corrected chi connectivity index (χ1v) is 7.60. The molecule has 1 aliphatic rings. The van der Waals surface area contributed by atoms with E-state index >= 15 is 0 Å². The van der Waals surface area contributed by atoms with Gasteiger partial charge in [0.1, 0.15) is 5.75 Å². The number of anilines is 2. The third-order valence-electron chi connectivity index (χ3n) is 4.18. The Bertz CT molecular complexity index is 612. The minimum absolute atomic E-state index is 0.495. The van der Waals surface area contributed by atoms with Crippen LogP contribution in [0.4, 0.5) is 11.4 Å². The highest BCUT2D eigenvalue weighted by atomic mass is 16.5. The van der Waals surface area contributed by atoms with Crippen molar-refractivity contribution in [3.63, 3.8) is 0 Å². The molecule has 2 N–H and O–H groups in total. The van der Waals surface area contributed by atoms with Gasteiger partial charge in [0.15, 0.2) is 0 Å². The number of nitrogen functional groups attached to an aromatic ring is 1. The van der Waals surface area contributed by atoms with Gasteiger partial charge in [0.05, 0.1) is 18.0 Å². The van der Waals surface area contributed by atoms with Crippen molar-refractivity contribution in [3.8, 4) is 5.75 Å². The Hall–Kier alpha value is -2.16. The van der Waals surface area contributed by atoms with Crippen molar-refractivity contribution < 1.29 is 4.74 Å². The molecule has 3 rings (SSSR count). The fourth-order valence-electron chi connectivity index (χ4n) is 3.04. The summed E-state index contributed by atoms with van der Waals surface area (Å²) in [4.78, 5) is 2.36. The molecule has 0 aromatic heterocycles. The minimum atomic E-state index is 0.495. The van der Waals surface area contributed by atoms with Gasteiger partial charge in [0.25, 0.3) is 0 Å². The number of nitrogens with two attached hydrogens (primary N) is 1. The van der Waals surface area contributed by atoms with Crippen LogP contribution < -0.4 is 15.4 Å². The summed E-state index contributed by atoms with van der Waals surface area (Å²) in [6, 6.07) is 16.5. The first-order valence-electron chi connectivity index (χ1n) is 7.60. The van der Waals surface area contributed by atoms with Gasteiger partial charge in [-0.2, -0.15) is 0 Å². The summed E-state index contributed by atoms with van der Waals surface area (Å²) in [5, 5.41) is 0. The number of hydrogen-bond acceptors (Lipinski definition) is 3. The first kappa shape index (κ1) is 13.8. The maximum Gasteiger partial charge on any atom is 0.122 e. The Morgan fingerprint density at radius 1 is 1.14 bits per heavy atom. The predicted octanol–water partition coefficient (Wildman–Crippen LogP) is 3.66. The standard InChI is InChI=1S/C18H22N2O/c1-2-20(17-9-5-4-8-16(17)19)13-14-11-12-21-18-10-6-3-7-15(14)18/h3-10,14H,2,11-13,19H2,1H3. The van der Waals surface area contributed by atoms with Gasteiger partial charge in [-0.05, 0) is 37.1 Å². The zero-order chi connectivity index (χ0) is 14.7. The monoisotopic (exact) mass is 282 g/mol. The van der Waals surface area contributed by atoms with Gasteiger partial charge in [-0.25, -0.2) is 0 Å². The fourth-order valence-corrected chi connectivity index (χ4v) is 3.04. The predicted molar refractivity (Wildman–Crippen MR) is 88.0 cm³/mol. The smallest absolute Gasteiger partial charge is 0.122 e.